The molecule has 0 radical (unpaired) electrons. The Balaban J connectivity index is 1.78. The Kier molecular flexibility index (Phi) is 7.30. The highest BCUT2D eigenvalue weighted by molar-refractivity contribution is 6.28. The lowest BCUT2D eigenvalue weighted by Crippen LogP contribution is -2.48. The number of ether oxygens (including phenoxy) is 1. The van der Waals surface area contributed by atoms with E-state index in [1.807, 2.05) is 41.3 Å². The molecule has 0 bridgehead atoms. The van der Waals surface area contributed by atoms with Crippen LogP contribution in [0.1, 0.15) is 27.6 Å². The molecule has 2 aromatic rings. The van der Waals surface area contributed by atoms with Gasteiger partial charge in [-0.3, -0.25) is 4.79 Å². The van der Waals surface area contributed by atoms with Gasteiger partial charge in [0.2, 0.25) is 0 Å². The van der Waals surface area contributed by atoms with Crippen LogP contribution in [-0.2, 0) is 4.74 Å². The van der Waals surface area contributed by atoms with Crippen LogP contribution in [-0.4, -0.2) is 61.3 Å². The lowest BCUT2D eigenvalue weighted by atomic mass is 10.1. The molecule has 1 aliphatic rings. The summed E-state index contributed by atoms with van der Waals surface area (Å²) in [4.78, 5) is 33.1. The largest absolute Gasteiger partial charge is 0.462 e. The molecule has 0 spiro atoms. The Morgan fingerprint density at radius 2 is 1.77 bits per heavy atom. The predicted octanol–water partition coefficient (Wildman–Crippen LogP) is 3.05. The first-order chi connectivity index (χ1) is 14.5. The Morgan fingerprint density at radius 3 is 2.40 bits per heavy atom. The molecule has 2 aromatic carbocycles. The Morgan fingerprint density at radius 1 is 1.07 bits per heavy atom. The molecule has 7 nitrogen and oxygen atoms in total. The molecule has 1 aliphatic heterocycles. The number of hydrogen-bond acceptors (Lipinski definition) is 5. The third kappa shape index (κ3) is 5.10. The van der Waals surface area contributed by atoms with E-state index in [1.54, 1.807) is 19.1 Å². The first-order valence-electron chi connectivity index (χ1n) is 9.83. The number of halogens is 1. The number of amidine groups is 1. The van der Waals surface area contributed by atoms with Gasteiger partial charge in [0, 0.05) is 31.7 Å². The summed E-state index contributed by atoms with van der Waals surface area (Å²) in [5, 5.41) is 0. The number of nitrogens with zero attached hydrogens (tertiary/aromatic N) is 3. The van der Waals surface area contributed by atoms with Crippen LogP contribution in [0.3, 0.4) is 0 Å². The van der Waals surface area contributed by atoms with Gasteiger partial charge >= 0.3 is 5.97 Å². The molecule has 158 valence electrons. The van der Waals surface area contributed by atoms with E-state index in [2.05, 4.69) is 9.89 Å². The van der Waals surface area contributed by atoms with Gasteiger partial charge in [0.1, 0.15) is 5.84 Å². The van der Waals surface area contributed by atoms with E-state index in [1.165, 1.54) is 0 Å². The number of anilines is 1. The van der Waals surface area contributed by atoms with Gasteiger partial charge < -0.3 is 20.3 Å². The topological polar surface area (TPSA) is 88.2 Å². The van der Waals surface area contributed by atoms with Crippen molar-refractivity contribution in [2.45, 2.75) is 6.92 Å². The molecular formula is C22H25ClN4O3. The molecular weight excluding hydrogens is 404 g/mol. The molecule has 1 heterocycles. The van der Waals surface area contributed by atoms with Crippen LogP contribution in [0.5, 0.6) is 0 Å². The van der Waals surface area contributed by atoms with Crippen LogP contribution < -0.4 is 10.6 Å². The second-order valence-corrected chi connectivity index (χ2v) is 7.07. The maximum absolute atomic E-state index is 12.7. The summed E-state index contributed by atoms with van der Waals surface area (Å²) in [6.45, 7) is 4.50. The van der Waals surface area contributed by atoms with Crippen molar-refractivity contribution in [2.75, 3.05) is 43.6 Å². The zero-order valence-electron chi connectivity index (χ0n) is 16.9. The summed E-state index contributed by atoms with van der Waals surface area (Å²) in [6.07, 6.45) is 0. The van der Waals surface area contributed by atoms with Crippen LogP contribution in [0.15, 0.2) is 53.5 Å². The van der Waals surface area contributed by atoms with Crippen molar-refractivity contribution in [1.29, 1.82) is 0 Å². The summed E-state index contributed by atoms with van der Waals surface area (Å²) in [5.41, 5.74) is 8.33. The second-order valence-electron chi connectivity index (χ2n) is 6.81. The molecule has 0 aliphatic carbocycles. The fourth-order valence-corrected chi connectivity index (χ4v) is 3.38. The van der Waals surface area contributed by atoms with Gasteiger partial charge in [0.25, 0.3) is 5.91 Å². The Bertz CT molecular complexity index is 925. The minimum Gasteiger partial charge on any atom is -0.462 e. The molecule has 0 atom stereocenters. The van der Waals surface area contributed by atoms with Crippen LogP contribution in [0, 0.1) is 0 Å². The number of hydrogen-bond donors (Lipinski definition) is 1. The van der Waals surface area contributed by atoms with Gasteiger partial charge in [-0.2, -0.15) is 0 Å². The zero-order chi connectivity index (χ0) is 21.5. The maximum atomic E-state index is 12.7. The highest BCUT2D eigenvalue weighted by Gasteiger charge is 2.24. The zero-order valence-corrected chi connectivity index (χ0v) is 17.6. The predicted molar refractivity (Wildman–Crippen MR) is 119 cm³/mol. The van der Waals surface area contributed by atoms with Gasteiger partial charge in [-0.15, -0.1) is 11.6 Å². The van der Waals surface area contributed by atoms with Crippen LogP contribution in [0.2, 0.25) is 0 Å². The lowest BCUT2D eigenvalue weighted by molar-refractivity contribution is 0.0526. The number of rotatable bonds is 6. The van der Waals surface area contributed by atoms with Crippen molar-refractivity contribution in [3.8, 4) is 0 Å². The fraction of sp³-hybridized carbons (Fsp3) is 0.318. The number of alkyl halides is 1. The van der Waals surface area contributed by atoms with Crippen LogP contribution >= 0.6 is 11.6 Å². The summed E-state index contributed by atoms with van der Waals surface area (Å²) in [6, 6.07) is 14.5. The van der Waals surface area contributed by atoms with Crippen LogP contribution in [0.25, 0.3) is 0 Å². The SMILES string of the molecule is CCOC(=O)c1ccc(N2CCN(C(=O)c3ccccc3)CC2)c(N=C(N)CCl)c1. The molecule has 1 amide bonds. The number of benzene rings is 2. The summed E-state index contributed by atoms with van der Waals surface area (Å²) in [7, 11) is 0. The molecule has 2 N–H and O–H groups in total. The maximum Gasteiger partial charge on any atom is 0.338 e. The van der Waals surface area contributed by atoms with E-state index in [4.69, 9.17) is 22.1 Å². The highest BCUT2D eigenvalue weighted by atomic mass is 35.5. The average molecular weight is 429 g/mol. The number of esters is 1. The van der Waals surface area contributed by atoms with Crippen molar-refractivity contribution in [3.05, 3.63) is 59.7 Å². The molecule has 0 saturated carbocycles. The van der Waals surface area contributed by atoms with E-state index in [0.717, 1.165) is 5.69 Å². The first kappa shape index (κ1) is 21.6. The van der Waals surface area contributed by atoms with Gasteiger partial charge in [-0.25, -0.2) is 9.79 Å². The molecule has 3 rings (SSSR count). The summed E-state index contributed by atoms with van der Waals surface area (Å²) < 4.78 is 5.08. The average Bonchev–Trinajstić information content (AvgIpc) is 2.79. The third-order valence-corrected chi connectivity index (χ3v) is 5.09. The number of piperazine rings is 1. The normalized spacial score (nSPS) is 14.5. The van der Waals surface area contributed by atoms with Crippen molar-refractivity contribution >= 4 is 40.7 Å². The van der Waals surface area contributed by atoms with Crippen molar-refractivity contribution in [2.24, 2.45) is 10.7 Å². The third-order valence-electron chi connectivity index (χ3n) is 4.82. The number of aliphatic imine (C=N–C) groups is 1. The minimum absolute atomic E-state index is 0.0255. The van der Waals surface area contributed by atoms with Gasteiger partial charge in [0.15, 0.2) is 0 Å². The number of carbonyl (C=O) groups is 2. The molecule has 0 unspecified atom stereocenters. The first-order valence-corrected chi connectivity index (χ1v) is 10.4. The van der Waals surface area contributed by atoms with E-state index >= 15 is 0 Å². The van der Waals surface area contributed by atoms with Crippen molar-refractivity contribution in [1.82, 2.24) is 4.90 Å². The standard InChI is InChI=1S/C22H25ClN4O3/c1-2-30-22(29)17-8-9-19(18(14-17)25-20(24)15-23)26-10-12-27(13-11-26)21(28)16-6-4-3-5-7-16/h3-9,14H,2,10-13,15H2,1H3,(H2,24,25). The number of amides is 1. The summed E-state index contributed by atoms with van der Waals surface area (Å²) in [5.74, 6) is -0.0415. The molecule has 30 heavy (non-hydrogen) atoms. The van der Waals surface area contributed by atoms with E-state index < -0.39 is 5.97 Å². The monoisotopic (exact) mass is 428 g/mol. The second kappa shape index (κ2) is 10.1. The van der Waals surface area contributed by atoms with Gasteiger partial charge in [-0.05, 0) is 37.3 Å². The Hall–Kier alpha value is -3.06. The fourth-order valence-electron chi connectivity index (χ4n) is 3.32. The van der Waals surface area contributed by atoms with E-state index in [0.29, 0.717) is 49.6 Å². The highest BCUT2D eigenvalue weighted by Crippen LogP contribution is 2.31. The molecule has 0 aromatic heterocycles. The molecule has 1 saturated heterocycles. The van der Waals surface area contributed by atoms with Crippen molar-refractivity contribution in [3.63, 3.8) is 0 Å². The summed E-state index contributed by atoms with van der Waals surface area (Å²) >= 11 is 5.80. The van der Waals surface area contributed by atoms with Crippen molar-refractivity contribution < 1.29 is 14.3 Å². The smallest absolute Gasteiger partial charge is 0.338 e. The quantitative estimate of drug-likeness (QED) is 0.330. The lowest BCUT2D eigenvalue weighted by Gasteiger charge is -2.36. The number of carbonyl (C=O) groups excluding carboxylic acids is 2. The van der Waals surface area contributed by atoms with Gasteiger partial charge in [-0.1, -0.05) is 18.2 Å². The minimum atomic E-state index is -0.414. The van der Waals surface area contributed by atoms with E-state index in [-0.39, 0.29) is 17.6 Å². The molecule has 1 fully saturated rings. The number of nitrogens with two attached hydrogens (primary N) is 1. The van der Waals surface area contributed by atoms with Crippen LogP contribution in [0.4, 0.5) is 11.4 Å². The van der Waals surface area contributed by atoms with Gasteiger partial charge in [0.05, 0.1) is 29.4 Å². The molecule has 8 heteroatoms. The Labute approximate surface area is 181 Å². The van der Waals surface area contributed by atoms with E-state index in [9.17, 15) is 9.59 Å².